The first-order valence-corrected chi connectivity index (χ1v) is 6.21. The highest BCUT2D eigenvalue weighted by molar-refractivity contribution is 6.37. The standard InChI is InChI=1S/C13H16Cl2O2/c1-8(4-9(2)16)5-10-6-11(14)13(17-3)12(15)7-10/h6-8H,4-5H2,1-3H3. The highest BCUT2D eigenvalue weighted by Crippen LogP contribution is 2.34. The number of carbonyl (C=O) groups excluding carboxylic acids is 1. The zero-order valence-electron chi connectivity index (χ0n) is 10.2. The number of hydrogen-bond donors (Lipinski definition) is 0. The summed E-state index contributed by atoms with van der Waals surface area (Å²) >= 11 is 12.1. The second-order valence-corrected chi connectivity index (χ2v) is 5.12. The van der Waals surface area contributed by atoms with Crippen LogP contribution in [0.1, 0.15) is 25.8 Å². The van der Waals surface area contributed by atoms with Gasteiger partial charge in [-0.25, -0.2) is 0 Å². The predicted molar refractivity (Wildman–Crippen MR) is 71.2 cm³/mol. The average Bonchev–Trinajstić information content (AvgIpc) is 2.15. The lowest BCUT2D eigenvalue weighted by Gasteiger charge is -2.12. The lowest BCUT2D eigenvalue weighted by atomic mass is 9.96. The molecule has 0 fully saturated rings. The van der Waals surface area contributed by atoms with Gasteiger partial charge in [0.05, 0.1) is 17.2 Å². The van der Waals surface area contributed by atoms with Gasteiger partial charge < -0.3 is 9.53 Å². The van der Waals surface area contributed by atoms with E-state index in [0.717, 1.165) is 12.0 Å². The number of halogens is 2. The molecule has 1 atom stereocenters. The van der Waals surface area contributed by atoms with Gasteiger partial charge in [-0.15, -0.1) is 0 Å². The molecule has 1 rings (SSSR count). The monoisotopic (exact) mass is 274 g/mol. The van der Waals surface area contributed by atoms with Crippen LogP contribution in [-0.2, 0) is 11.2 Å². The van der Waals surface area contributed by atoms with Crippen molar-refractivity contribution >= 4 is 29.0 Å². The number of ketones is 1. The van der Waals surface area contributed by atoms with Crippen molar-refractivity contribution in [3.63, 3.8) is 0 Å². The van der Waals surface area contributed by atoms with Crippen molar-refractivity contribution in [2.24, 2.45) is 5.92 Å². The summed E-state index contributed by atoms with van der Waals surface area (Å²) in [5, 5.41) is 1.01. The van der Waals surface area contributed by atoms with Crippen LogP contribution in [0.2, 0.25) is 10.0 Å². The molecule has 0 spiro atoms. The Bertz CT molecular complexity index is 393. The molecule has 94 valence electrons. The third-order valence-electron chi connectivity index (χ3n) is 2.48. The zero-order chi connectivity index (χ0) is 13.0. The molecule has 2 nitrogen and oxygen atoms in total. The summed E-state index contributed by atoms with van der Waals surface area (Å²) in [7, 11) is 1.53. The molecule has 0 saturated carbocycles. The summed E-state index contributed by atoms with van der Waals surface area (Å²) in [4.78, 5) is 11.0. The third kappa shape index (κ3) is 4.21. The molecule has 1 aromatic carbocycles. The van der Waals surface area contributed by atoms with Gasteiger partial charge in [-0.05, 0) is 37.0 Å². The van der Waals surface area contributed by atoms with E-state index in [1.807, 2.05) is 19.1 Å². The van der Waals surface area contributed by atoms with Gasteiger partial charge in [0.1, 0.15) is 5.78 Å². The molecule has 0 aliphatic rings. The minimum Gasteiger partial charge on any atom is -0.494 e. The van der Waals surface area contributed by atoms with Gasteiger partial charge in [0.25, 0.3) is 0 Å². The first-order chi connectivity index (χ1) is 7.93. The van der Waals surface area contributed by atoms with E-state index in [1.54, 1.807) is 6.92 Å². The Hall–Kier alpha value is -0.730. The van der Waals surface area contributed by atoms with Crippen molar-refractivity contribution in [3.8, 4) is 5.75 Å². The van der Waals surface area contributed by atoms with Crippen LogP contribution >= 0.6 is 23.2 Å². The maximum atomic E-state index is 11.0. The molecule has 0 aliphatic carbocycles. The van der Waals surface area contributed by atoms with Crippen LogP contribution in [0.4, 0.5) is 0 Å². The van der Waals surface area contributed by atoms with E-state index in [9.17, 15) is 4.79 Å². The van der Waals surface area contributed by atoms with Gasteiger partial charge >= 0.3 is 0 Å². The van der Waals surface area contributed by atoms with Crippen molar-refractivity contribution in [1.29, 1.82) is 0 Å². The second kappa shape index (κ2) is 6.27. The summed E-state index contributed by atoms with van der Waals surface area (Å²) in [5.74, 6) is 0.979. The molecule has 0 heterocycles. The predicted octanol–water partition coefficient (Wildman–Crippen LogP) is 4.16. The number of Topliss-reactive ketones (excluding diaryl/α,β-unsaturated/α-hetero) is 1. The minimum atomic E-state index is 0.197. The molecule has 0 aromatic heterocycles. The summed E-state index contributed by atoms with van der Waals surface area (Å²) in [6.07, 6.45) is 1.35. The van der Waals surface area contributed by atoms with Crippen LogP contribution in [0.25, 0.3) is 0 Å². The molecule has 0 saturated heterocycles. The van der Waals surface area contributed by atoms with Gasteiger partial charge in [-0.3, -0.25) is 0 Å². The van der Waals surface area contributed by atoms with Gasteiger partial charge in [-0.2, -0.15) is 0 Å². The number of hydrogen-bond acceptors (Lipinski definition) is 2. The van der Waals surface area contributed by atoms with E-state index < -0.39 is 0 Å². The van der Waals surface area contributed by atoms with Gasteiger partial charge in [0.2, 0.25) is 0 Å². The maximum Gasteiger partial charge on any atom is 0.156 e. The highest BCUT2D eigenvalue weighted by Gasteiger charge is 2.11. The lowest BCUT2D eigenvalue weighted by Crippen LogP contribution is -2.05. The van der Waals surface area contributed by atoms with Crippen LogP contribution in [0.5, 0.6) is 5.75 Å². The Labute approximate surface area is 112 Å². The van der Waals surface area contributed by atoms with E-state index in [4.69, 9.17) is 27.9 Å². The van der Waals surface area contributed by atoms with Crippen LogP contribution < -0.4 is 4.74 Å². The molecule has 0 radical (unpaired) electrons. The zero-order valence-corrected chi connectivity index (χ0v) is 11.7. The largest absolute Gasteiger partial charge is 0.494 e. The first-order valence-electron chi connectivity index (χ1n) is 5.45. The fourth-order valence-corrected chi connectivity index (χ4v) is 2.58. The van der Waals surface area contributed by atoms with Gasteiger partial charge in [0.15, 0.2) is 5.75 Å². The smallest absolute Gasteiger partial charge is 0.156 e. The Balaban J connectivity index is 2.83. The average molecular weight is 275 g/mol. The van der Waals surface area contributed by atoms with E-state index in [2.05, 4.69) is 0 Å². The van der Waals surface area contributed by atoms with Gasteiger partial charge in [0, 0.05) is 6.42 Å². The quantitative estimate of drug-likeness (QED) is 0.806. The molecule has 0 bridgehead atoms. The Morgan fingerprint density at radius 1 is 1.35 bits per heavy atom. The Morgan fingerprint density at radius 3 is 2.29 bits per heavy atom. The molecule has 0 N–H and O–H groups in total. The molecule has 1 unspecified atom stereocenters. The van der Waals surface area contributed by atoms with E-state index in [1.165, 1.54) is 7.11 Å². The van der Waals surface area contributed by atoms with Crippen molar-refractivity contribution in [2.45, 2.75) is 26.7 Å². The van der Waals surface area contributed by atoms with Crippen LogP contribution in [0.15, 0.2) is 12.1 Å². The summed E-state index contributed by atoms with van der Waals surface area (Å²) in [5.41, 5.74) is 1.02. The van der Waals surface area contributed by atoms with Crippen molar-refractivity contribution in [2.75, 3.05) is 7.11 Å². The lowest BCUT2D eigenvalue weighted by molar-refractivity contribution is -0.117. The molecule has 0 aliphatic heterocycles. The van der Waals surface area contributed by atoms with Crippen molar-refractivity contribution < 1.29 is 9.53 Å². The van der Waals surface area contributed by atoms with E-state index >= 15 is 0 Å². The molecule has 0 amide bonds. The maximum absolute atomic E-state index is 11.0. The third-order valence-corrected chi connectivity index (χ3v) is 3.04. The molecule has 1 aromatic rings. The topological polar surface area (TPSA) is 26.3 Å². The molecular formula is C13H16Cl2O2. The fraction of sp³-hybridized carbons (Fsp3) is 0.462. The molecular weight excluding hydrogens is 259 g/mol. The number of ether oxygens (including phenoxy) is 1. The van der Waals surface area contributed by atoms with Crippen molar-refractivity contribution in [3.05, 3.63) is 27.7 Å². The summed E-state index contributed by atoms with van der Waals surface area (Å²) < 4.78 is 5.08. The molecule has 17 heavy (non-hydrogen) atoms. The normalized spacial score (nSPS) is 12.3. The van der Waals surface area contributed by atoms with E-state index in [0.29, 0.717) is 22.2 Å². The Morgan fingerprint density at radius 2 is 1.88 bits per heavy atom. The highest BCUT2D eigenvalue weighted by atomic mass is 35.5. The number of methoxy groups -OCH3 is 1. The number of benzene rings is 1. The first kappa shape index (κ1) is 14.3. The van der Waals surface area contributed by atoms with Crippen molar-refractivity contribution in [1.82, 2.24) is 0 Å². The SMILES string of the molecule is COc1c(Cl)cc(CC(C)CC(C)=O)cc1Cl. The summed E-state index contributed by atoms with van der Waals surface area (Å²) in [6.45, 7) is 3.64. The number of carbonyl (C=O) groups is 1. The van der Waals surface area contributed by atoms with Crippen LogP contribution in [0, 0.1) is 5.92 Å². The van der Waals surface area contributed by atoms with Gasteiger partial charge in [-0.1, -0.05) is 30.1 Å². The fourth-order valence-electron chi connectivity index (χ4n) is 1.89. The van der Waals surface area contributed by atoms with E-state index in [-0.39, 0.29) is 11.7 Å². The minimum absolute atomic E-state index is 0.197. The van der Waals surface area contributed by atoms with Crippen LogP contribution in [-0.4, -0.2) is 12.9 Å². The molecule has 4 heteroatoms. The Kier molecular flexibility index (Phi) is 5.29. The second-order valence-electron chi connectivity index (χ2n) is 4.31. The number of rotatable bonds is 5. The van der Waals surface area contributed by atoms with Crippen LogP contribution in [0.3, 0.4) is 0 Å². The summed E-state index contributed by atoms with van der Waals surface area (Å²) in [6, 6.07) is 3.67.